The van der Waals surface area contributed by atoms with Crippen LogP contribution in [0.5, 0.6) is 5.75 Å². The molecule has 3 aromatic carbocycles. The van der Waals surface area contributed by atoms with E-state index in [1.807, 2.05) is 30.3 Å². The molecule has 0 atom stereocenters. The van der Waals surface area contributed by atoms with Crippen LogP contribution in [0, 0.1) is 8.99 Å². The van der Waals surface area contributed by atoms with E-state index >= 15 is 0 Å². The fourth-order valence-corrected chi connectivity index (χ4v) is 6.38. The van der Waals surface area contributed by atoms with Gasteiger partial charge in [0.25, 0.3) is 0 Å². The quantitative estimate of drug-likeness (QED) is 0.125. The minimum absolute atomic E-state index is 0.0734. The number of aliphatic carboxylic acids is 1. The van der Waals surface area contributed by atoms with Gasteiger partial charge in [0.05, 0.1) is 16.6 Å². The molecule has 5 rings (SSSR count). The third-order valence-corrected chi connectivity index (χ3v) is 8.98. The summed E-state index contributed by atoms with van der Waals surface area (Å²) in [5.74, 6) is -0.0409. The Morgan fingerprint density at radius 3 is 2.41 bits per heavy atom. The molecule has 2 aromatic heterocycles. The molecule has 0 bridgehead atoms. The number of rotatable bonds is 9. The van der Waals surface area contributed by atoms with E-state index in [4.69, 9.17) is 9.72 Å². The molecule has 41 heavy (non-hydrogen) atoms. The molecule has 0 fully saturated rings. The van der Waals surface area contributed by atoms with E-state index < -0.39 is 11.4 Å². The van der Waals surface area contributed by atoms with Gasteiger partial charge in [-0.1, -0.05) is 57.2 Å². The van der Waals surface area contributed by atoms with Crippen LogP contribution in [-0.4, -0.2) is 25.4 Å². The van der Waals surface area contributed by atoms with Crippen LogP contribution in [0.3, 0.4) is 0 Å². The molecular formula is C34H35IN2O3S. The number of benzene rings is 3. The number of carboxylic acid groups (broad SMARTS) is 1. The maximum atomic E-state index is 12.3. The number of carboxylic acids is 1. The summed E-state index contributed by atoms with van der Waals surface area (Å²) < 4.78 is 9.68. The van der Waals surface area contributed by atoms with Gasteiger partial charge >= 0.3 is 5.97 Å². The first kappa shape index (κ1) is 29.5. The Kier molecular flexibility index (Phi) is 8.39. The van der Waals surface area contributed by atoms with Gasteiger partial charge in [0.15, 0.2) is 0 Å². The van der Waals surface area contributed by atoms with E-state index in [1.54, 1.807) is 25.6 Å². The molecule has 0 amide bonds. The van der Waals surface area contributed by atoms with Gasteiger partial charge in [-0.2, -0.15) is 0 Å². The van der Waals surface area contributed by atoms with Gasteiger partial charge in [-0.25, -0.2) is 4.98 Å². The van der Waals surface area contributed by atoms with Crippen molar-refractivity contribution in [1.29, 1.82) is 0 Å². The summed E-state index contributed by atoms with van der Waals surface area (Å²) in [6.07, 6.45) is 0.414. The van der Waals surface area contributed by atoms with Crippen LogP contribution in [0.1, 0.15) is 51.6 Å². The third-order valence-electron chi connectivity index (χ3n) is 6.98. The number of para-hydroxylation sites is 1. The lowest BCUT2D eigenvalue weighted by atomic mass is 9.88. The molecule has 212 valence electrons. The largest absolute Gasteiger partial charge is 0.487 e. The number of thioether (sulfide) groups is 1. The second-order valence-electron chi connectivity index (χ2n) is 12.0. The van der Waals surface area contributed by atoms with E-state index in [0.29, 0.717) is 19.6 Å². The minimum atomic E-state index is -0.924. The molecule has 0 aliphatic carbocycles. The van der Waals surface area contributed by atoms with Gasteiger partial charge in [-0.15, -0.1) is 11.8 Å². The zero-order valence-electron chi connectivity index (χ0n) is 24.1. The molecule has 0 saturated carbocycles. The predicted octanol–water partition coefficient (Wildman–Crippen LogP) is 8.97. The molecule has 0 saturated heterocycles. The molecule has 0 aliphatic heterocycles. The molecule has 1 N–H and O–H groups in total. The molecule has 0 spiro atoms. The first-order chi connectivity index (χ1) is 19.4. The standard InChI is InChI=1S/C34H35IN2O3S/c1-33(2,3)41-31-27-18-26(40-21-25-15-12-23-8-6-7-9-28(23)36-25)16-17-29(27)37(20-22-10-13-24(35)14-11-22)30(31)19-34(4,5)32(38)39/h6-18H,19-21H2,1-5H3,(H,38,39)/i35-2. The Morgan fingerprint density at radius 1 is 0.976 bits per heavy atom. The number of hydrogen-bond acceptors (Lipinski definition) is 4. The lowest BCUT2D eigenvalue weighted by Gasteiger charge is -2.24. The number of nitrogens with zero attached hydrogens (tertiary/aromatic N) is 2. The zero-order valence-corrected chi connectivity index (χ0v) is 27.0. The van der Waals surface area contributed by atoms with E-state index in [9.17, 15) is 9.90 Å². The van der Waals surface area contributed by atoms with E-state index in [0.717, 1.165) is 43.8 Å². The van der Waals surface area contributed by atoms with Gasteiger partial charge in [-0.05, 0) is 84.5 Å². The topological polar surface area (TPSA) is 64.3 Å². The van der Waals surface area contributed by atoms with Gasteiger partial charge in [-0.3, -0.25) is 4.79 Å². The van der Waals surface area contributed by atoms with Crippen molar-refractivity contribution in [2.24, 2.45) is 5.41 Å². The van der Waals surface area contributed by atoms with Crippen LogP contribution in [0.4, 0.5) is 0 Å². The van der Waals surface area contributed by atoms with Crippen LogP contribution >= 0.6 is 34.4 Å². The summed E-state index contributed by atoms with van der Waals surface area (Å²) in [7, 11) is 0. The fraction of sp³-hybridized carbons (Fsp3) is 0.294. The Bertz CT molecular complexity index is 1720. The van der Waals surface area contributed by atoms with Crippen molar-refractivity contribution in [3.8, 4) is 5.75 Å². The number of fused-ring (bicyclic) bond motifs is 2. The van der Waals surface area contributed by atoms with Crippen molar-refractivity contribution < 1.29 is 14.6 Å². The maximum Gasteiger partial charge on any atom is 0.309 e. The number of carbonyl (C=O) groups is 1. The van der Waals surface area contributed by atoms with Crippen molar-refractivity contribution >= 4 is 62.1 Å². The number of ether oxygens (including phenoxy) is 1. The summed E-state index contributed by atoms with van der Waals surface area (Å²) in [6.45, 7) is 11.2. The number of halogens is 1. The maximum absolute atomic E-state index is 12.3. The third kappa shape index (κ3) is 6.89. The Labute approximate surface area is 259 Å². The highest BCUT2D eigenvalue weighted by Crippen LogP contribution is 2.44. The van der Waals surface area contributed by atoms with Crippen LogP contribution in [-0.2, 0) is 24.4 Å². The average Bonchev–Trinajstić information content (AvgIpc) is 3.18. The van der Waals surface area contributed by atoms with Gasteiger partial charge in [0.2, 0.25) is 0 Å². The van der Waals surface area contributed by atoms with Gasteiger partial charge in [0, 0.05) is 48.2 Å². The van der Waals surface area contributed by atoms with E-state index in [-0.39, 0.29) is 4.75 Å². The first-order valence-electron chi connectivity index (χ1n) is 13.7. The molecule has 0 radical (unpaired) electrons. The minimum Gasteiger partial charge on any atom is -0.487 e. The smallest absolute Gasteiger partial charge is 0.309 e. The van der Waals surface area contributed by atoms with E-state index in [1.165, 1.54) is 9.13 Å². The summed E-state index contributed by atoms with van der Waals surface area (Å²) in [6, 6.07) is 26.9. The summed E-state index contributed by atoms with van der Waals surface area (Å²) >= 11 is 4.10. The lowest BCUT2D eigenvalue weighted by molar-refractivity contribution is -0.146. The Balaban J connectivity index is 1.58. The highest BCUT2D eigenvalue weighted by molar-refractivity contribution is 14.1. The summed E-state index contributed by atoms with van der Waals surface area (Å²) in [4.78, 5) is 18.1. The number of hydrogen-bond donors (Lipinski definition) is 1. The fourth-order valence-electron chi connectivity index (χ4n) is 4.83. The molecule has 2 heterocycles. The lowest BCUT2D eigenvalue weighted by Crippen LogP contribution is -2.28. The summed E-state index contributed by atoms with van der Waals surface area (Å²) in [5.41, 5.74) is 4.18. The van der Waals surface area contributed by atoms with Crippen molar-refractivity contribution in [2.75, 3.05) is 0 Å². The van der Waals surface area contributed by atoms with Crippen LogP contribution in [0.15, 0.2) is 83.8 Å². The van der Waals surface area contributed by atoms with Crippen LogP contribution < -0.4 is 4.74 Å². The van der Waals surface area contributed by atoms with E-state index in [2.05, 4.69) is 96.5 Å². The SMILES string of the molecule is CC(C)(C)Sc1c(CC(C)(C)C(=O)O)n(Cc2ccc([125I])cc2)c2ccc(OCc3ccc4ccccc4n3)cc12. The predicted molar refractivity (Wildman–Crippen MR) is 177 cm³/mol. The highest BCUT2D eigenvalue weighted by Gasteiger charge is 2.32. The number of aromatic nitrogens is 2. The van der Waals surface area contributed by atoms with Crippen molar-refractivity contribution in [1.82, 2.24) is 9.55 Å². The molecular weight excluding hydrogens is 641 g/mol. The van der Waals surface area contributed by atoms with Crippen molar-refractivity contribution in [3.05, 3.63) is 99.4 Å². The second-order valence-corrected chi connectivity index (χ2v) is 15.1. The van der Waals surface area contributed by atoms with Gasteiger partial charge in [0.1, 0.15) is 12.4 Å². The zero-order chi connectivity index (χ0) is 29.4. The van der Waals surface area contributed by atoms with Crippen molar-refractivity contribution in [3.63, 3.8) is 0 Å². The van der Waals surface area contributed by atoms with Crippen LogP contribution in [0.25, 0.3) is 21.8 Å². The number of pyridine rings is 1. The first-order valence-corrected chi connectivity index (χ1v) is 15.6. The van der Waals surface area contributed by atoms with Crippen LogP contribution in [0.2, 0.25) is 0 Å². The Morgan fingerprint density at radius 2 is 1.71 bits per heavy atom. The van der Waals surface area contributed by atoms with Gasteiger partial charge < -0.3 is 14.4 Å². The average molecular weight is 677 g/mol. The molecule has 5 aromatic rings. The molecule has 5 nitrogen and oxygen atoms in total. The highest BCUT2D eigenvalue weighted by atomic mass is 125. The summed E-state index contributed by atoms with van der Waals surface area (Å²) in [5, 5.41) is 12.2. The second kappa shape index (κ2) is 11.7. The molecule has 0 aliphatic rings. The normalized spacial score (nSPS) is 12.2. The molecule has 0 unspecified atom stereocenters. The monoisotopic (exact) mass is 676 g/mol. The molecule has 7 heteroatoms. The van der Waals surface area contributed by atoms with Crippen molar-refractivity contribution in [2.45, 2.75) is 63.8 Å². The Hall–Kier alpha value is -3.04.